The summed E-state index contributed by atoms with van der Waals surface area (Å²) in [6.45, 7) is 13.2. The first-order valence-electron chi connectivity index (χ1n) is 20.8. The molecule has 2 saturated heterocycles. The molecule has 308 valence electrons. The lowest BCUT2D eigenvalue weighted by molar-refractivity contribution is -0.139. The number of likely N-dealkylation sites (tertiary alicyclic amines) is 1. The van der Waals surface area contributed by atoms with Crippen molar-refractivity contribution in [1.82, 2.24) is 35.1 Å². The molecule has 4 aromatic rings. The van der Waals surface area contributed by atoms with Crippen molar-refractivity contribution in [3.8, 4) is 11.8 Å². The fourth-order valence-electron chi connectivity index (χ4n) is 8.42. The Balaban J connectivity index is 1.09. The van der Waals surface area contributed by atoms with Crippen molar-refractivity contribution < 1.29 is 28.6 Å². The number of aromatic amines is 2. The minimum absolute atomic E-state index is 0.00211. The number of carbonyl (C=O) groups is 3. The van der Waals surface area contributed by atoms with Crippen molar-refractivity contribution in [2.75, 3.05) is 20.3 Å². The molecule has 2 aromatic heterocycles. The Kier molecular flexibility index (Phi) is 12.1. The topological polar surface area (TPSA) is 155 Å². The number of aromatic nitrogens is 4. The van der Waals surface area contributed by atoms with E-state index in [4.69, 9.17) is 24.2 Å². The molecular formula is C45H57N7O6. The molecule has 0 bridgehead atoms. The van der Waals surface area contributed by atoms with Gasteiger partial charge in [-0.15, -0.1) is 0 Å². The summed E-state index contributed by atoms with van der Waals surface area (Å²) in [5.41, 5.74) is 2.08. The predicted octanol–water partition coefficient (Wildman–Crippen LogP) is 6.20. The molecule has 0 spiro atoms. The lowest BCUT2D eigenvalue weighted by atomic mass is 9.90. The Morgan fingerprint density at radius 1 is 1.07 bits per heavy atom. The fraction of sp³-hybridized carbons (Fsp3) is 0.533. The molecule has 2 aliphatic heterocycles. The van der Waals surface area contributed by atoms with E-state index in [1.807, 2.05) is 44.7 Å². The predicted molar refractivity (Wildman–Crippen MR) is 223 cm³/mol. The number of amides is 3. The van der Waals surface area contributed by atoms with Crippen molar-refractivity contribution in [1.29, 1.82) is 0 Å². The van der Waals surface area contributed by atoms with Crippen molar-refractivity contribution in [2.45, 2.75) is 123 Å². The van der Waals surface area contributed by atoms with Gasteiger partial charge in [0.2, 0.25) is 5.91 Å². The number of nitrogens with one attached hydrogen (secondary N) is 3. The van der Waals surface area contributed by atoms with Crippen LogP contribution in [0.25, 0.3) is 34.0 Å². The number of imidazole rings is 2. The number of carbonyl (C=O) groups excluding carboxylic acids is 3. The van der Waals surface area contributed by atoms with Gasteiger partial charge in [-0.3, -0.25) is 9.69 Å². The SMILES string of the molecule is CCC(C)N(Cc1nc2c([nH]1)=CC(C#Cc1ccc3c(ccc4[nH]c([C@@H]5CCC(CC)N5C(=O)[C@@H](NC(=O)OC)C5CCOCC5)nc43)c1)CC=2)C(=O)OC(C)(C)C. The molecule has 2 fully saturated rings. The Hall–Kier alpha value is -5.35. The highest BCUT2D eigenvalue weighted by Crippen LogP contribution is 2.39. The standard InChI is InChI=1S/C45H57N7O6/c1-8-27(3)51(44(55)58-45(4,5)6)26-38-46-34-17-13-29(25-36(34)47-38)11-10-28-12-16-33-31(24-28)14-18-35-40(33)49-41(48-35)37-19-15-32(9-2)52(37)42(53)39(50-43(54)56-7)30-20-22-57-23-21-30/h12,14,16-18,24-25,27,29-30,32,37,39H,8-9,13,15,19-23,26H2,1-7H3,(H,46,47)(H,48,49)(H,50,54)/t27?,29?,32?,37-,39-/m0/s1. The molecule has 58 heavy (non-hydrogen) atoms. The molecule has 2 aromatic carbocycles. The van der Waals surface area contributed by atoms with E-state index in [0.29, 0.717) is 38.4 Å². The first kappa shape index (κ1) is 40.8. The average molecular weight is 792 g/mol. The Labute approximate surface area is 340 Å². The van der Waals surface area contributed by atoms with E-state index in [2.05, 4.69) is 71.3 Å². The maximum absolute atomic E-state index is 14.4. The Bertz CT molecular complexity index is 2340. The Morgan fingerprint density at radius 3 is 2.59 bits per heavy atom. The summed E-state index contributed by atoms with van der Waals surface area (Å²) in [6, 6.07) is 9.41. The third-order valence-corrected chi connectivity index (χ3v) is 11.7. The van der Waals surface area contributed by atoms with E-state index in [0.717, 1.165) is 76.0 Å². The highest BCUT2D eigenvalue weighted by molar-refractivity contribution is 6.04. The van der Waals surface area contributed by atoms with Crippen molar-refractivity contribution in [2.24, 2.45) is 11.8 Å². The number of fused-ring (bicyclic) bond motifs is 4. The maximum atomic E-state index is 14.4. The number of nitrogens with zero attached hydrogens (tertiary/aromatic N) is 4. The van der Waals surface area contributed by atoms with Gasteiger partial charge in [0, 0.05) is 42.2 Å². The average Bonchev–Trinajstić information content (AvgIpc) is 3.96. The van der Waals surface area contributed by atoms with Crippen LogP contribution >= 0.6 is 0 Å². The highest BCUT2D eigenvalue weighted by atomic mass is 16.6. The zero-order valence-corrected chi connectivity index (χ0v) is 34.8. The molecule has 5 atom stereocenters. The molecule has 0 radical (unpaired) electrons. The third-order valence-electron chi connectivity index (χ3n) is 11.7. The van der Waals surface area contributed by atoms with Crippen LogP contribution in [-0.2, 0) is 25.5 Å². The summed E-state index contributed by atoms with van der Waals surface area (Å²) in [4.78, 5) is 60.5. The summed E-state index contributed by atoms with van der Waals surface area (Å²) in [7, 11) is 1.32. The summed E-state index contributed by atoms with van der Waals surface area (Å²) in [6.07, 6.45) is 8.64. The van der Waals surface area contributed by atoms with Crippen LogP contribution in [0.5, 0.6) is 0 Å². The van der Waals surface area contributed by atoms with Crippen LogP contribution in [0.15, 0.2) is 30.3 Å². The van der Waals surface area contributed by atoms with Crippen LogP contribution in [0.2, 0.25) is 0 Å². The van der Waals surface area contributed by atoms with Crippen LogP contribution in [-0.4, -0.2) is 91.9 Å². The minimum atomic E-state index is -0.699. The number of hydrogen-bond acceptors (Lipinski definition) is 8. The van der Waals surface area contributed by atoms with Gasteiger partial charge < -0.3 is 34.4 Å². The van der Waals surface area contributed by atoms with E-state index in [9.17, 15) is 14.4 Å². The van der Waals surface area contributed by atoms with Gasteiger partial charge in [-0.25, -0.2) is 19.6 Å². The number of alkyl carbamates (subject to hydrolysis) is 1. The molecule has 3 N–H and O–H groups in total. The van der Waals surface area contributed by atoms with E-state index in [1.54, 1.807) is 4.90 Å². The molecule has 0 saturated carbocycles. The van der Waals surface area contributed by atoms with Crippen LogP contribution in [0, 0.1) is 23.7 Å². The Morgan fingerprint density at radius 2 is 1.86 bits per heavy atom. The minimum Gasteiger partial charge on any atom is -0.453 e. The molecular weight excluding hydrogens is 735 g/mol. The van der Waals surface area contributed by atoms with Gasteiger partial charge in [-0.2, -0.15) is 0 Å². The largest absolute Gasteiger partial charge is 0.453 e. The molecule has 13 nitrogen and oxygen atoms in total. The number of H-pyrrole nitrogens is 2. The van der Waals surface area contributed by atoms with Gasteiger partial charge in [-0.1, -0.05) is 43.9 Å². The monoisotopic (exact) mass is 791 g/mol. The van der Waals surface area contributed by atoms with E-state index < -0.39 is 17.7 Å². The second-order valence-corrected chi connectivity index (χ2v) is 16.8. The zero-order chi connectivity index (χ0) is 41.1. The molecule has 13 heteroatoms. The molecule has 3 unspecified atom stereocenters. The molecule has 3 amide bonds. The number of methoxy groups -OCH3 is 1. The lowest BCUT2D eigenvalue weighted by Gasteiger charge is -2.36. The molecule has 1 aliphatic carbocycles. The van der Waals surface area contributed by atoms with Crippen molar-refractivity contribution in [3.05, 3.63) is 58.2 Å². The van der Waals surface area contributed by atoms with Crippen molar-refractivity contribution >= 4 is 52.1 Å². The van der Waals surface area contributed by atoms with Gasteiger partial charge in [0.05, 0.1) is 41.4 Å². The normalized spacial score (nSPS) is 20.6. The van der Waals surface area contributed by atoms with E-state index in [-0.39, 0.29) is 42.0 Å². The van der Waals surface area contributed by atoms with Gasteiger partial charge in [0.25, 0.3) is 0 Å². The zero-order valence-electron chi connectivity index (χ0n) is 34.8. The van der Waals surface area contributed by atoms with Gasteiger partial charge >= 0.3 is 12.2 Å². The second-order valence-electron chi connectivity index (χ2n) is 16.8. The quantitative estimate of drug-likeness (QED) is 0.170. The van der Waals surface area contributed by atoms with E-state index in [1.165, 1.54) is 7.11 Å². The maximum Gasteiger partial charge on any atom is 0.410 e. The molecule has 3 aliphatic rings. The summed E-state index contributed by atoms with van der Waals surface area (Å²) in [5, 5.41) is 6.69. The number of ether oxygens (including phenoxy) is 3. The molecule has 4 heterocycles. The molecule has 7 rings (SSSR count). The van der Waals surface area contributed by atoms with Gasteiger partial charge in [0.1, 0.15) is 23.3 Å². The summed E-state index contributed by atoms with van der Waals surface area (Å²) < 4.78 is 16.2. The number of hydrogen-bond donors (Lipinski definition) is 3. The first-order valence-corrected chi connectivity index (χ1v) is 20.8. The van der Waals surface area contributed by atoms with Crippen molar-refractivity contribution in [3.63, 3.8) is 0 Å². The lowest BCUT2D eigenvalue weighted by Crippen LogP contribution is -2.54. The fourth-order valence-corrected chi connectivity index (χ4v) is 8.42. The number of rotatable bonds is 9. The smallest absolute Gasteiger partial charge is 0.410 e. The number of benzene rings is 2. The van der Waals surface area contributed by atoms with Crippen LogP contribution in [0.3, 0.4) is 0 Å². The van der Waals surface area contributed by atoms with Gasteiger partial charge in [0.15, 0.2) is 0 Å². The third kappa shape index (κ3) is 8.87. The van der Waals surface area contributed by atoms with E-state index >= 15 is 0 Å². The first-order chi connectivity index (χ1) is 27.8. The second kappa shape index (κ2) is 17.2. The van der Waals surface area contributed by atoms with Crippen LogP contribution in [0.4, 0.5) is 9.59 Å². The summed E-state index contributed by atoms with van der Waals surface area (Å²) in [5.74, 6) is 8.18. The van der Waals surface area contributed by atoms with Crippen LogP contribution < -0.4 is 16.0 Å². The van der Waals surface area contributed by atoms with Crippen LogP contribution in [0.1, 0.15) is 110 Å². The highest BCUT2D eigenvalue weighted by Gasteiger charge is 2.44. The summed E-state index contributed by atoms with van der Waals surface area (Å²) >= 11 is 0. The van der Waals surface area contributed by atoms with Gasteiger partial charge in [-0.05, 0) is 108 Å².